The molecule has 1 aliphatic heterocycles. The van der Waals surface area contributed by atoms with E-state index in [-0.39, 0.29) is 17.3 Å². The first-order valence-corrected chi connectivity index (χ1v) is 7.36. The molecule has 0 aliphatic carbocycles. The van der Waals surface area contributed by atoms with Crippen molar-refractivity contribution in [3.8, 4) is 11.5 Å². The molecule has 116 valence electrons. The van der Waals surface area contributed by atoms with Crippen LogP contribution >= 0.6 is 0 Å². The second-order valence-corrected chi connectivity index (χ2v) is 6.67. The van der Waals surface area contributed by atoms with Crippen LogP contribution < -0.4 is 14.9 Å². The molecule has 1 aliphatic rings. The molecule has 0 N–H and O–H groups in total. The van der Waals surface area contributed by atoms with Gasteiger partial charge in [0.25, 0.3) is 0 Å². The third kappa shape index (κ3) is 3.19. The standard InChI is InChI=1S/C16H25BO4/c1-11(2)19-14-10-12(8-9-13(14)18-7)17-20-15(3,4)16(5,6)21-17/h8-11H,1-7H3. The van der Waals surface area contributed by atoms with Gasteiger partial charge in [-0.05, 0) is 59.1 Å². The minimum Gasteiger partial charge on any atom is -0.493 e. The molecule has 4 nitrogen and oxygen atoms in total. The number of hydrogen-bond donors (Lipinski definition) is 0. The molecule has 1 aromatic carbocycles. The Morgan fingerprint density at radius 1 is 1.00 bits per heavy atom. The lowest BCUT2D eigenvalue weighted by atomic mass is 9.79. The molecule has 0 atom stereocenters. The molecule has 1 saturated heterocycles. The highest BCUT2D eigenvalue weighted by molar-refractivity contribution is 6.62. The van der Waals surface area contributed by atoms with Crippen molar-refractivity contribution < 1.29 is 18.8 Å². The molecule has 1 aromatic rings. The van der Waals surface area contributed by atoms with Crippen LogP contribution in [0.4, 0.5) is 0 Å². The van der Waals surface area contributed by atoms with E-state index in [9.17, 15) is 0 Å². The van der Waals surface area contributed by atoms with Crippen LogP contribution in [-0.2, 0) is 9.31 Å². The highest BCUT2D eigenvalue weighted by atomic mass is 16.7. The van der Waals surface area contributed by atoms with Crippen LogP contribution in [0.5, 0.6) is 11.5 Å². The third-order valence-electron chi connectivity index (χ3n) is 4.08. The first kappa shape index (κ1) is 16.2. The summed E-state index contributed by atoms with van der Waals surface area (Å²) in [5.41, 5.74) is 0.234. The van der Waals surface area contributed by atoms with E-state index >= 15 is 0 Å². The van der Waals surface area contributed by atoms with E-state index in [1.807, 2.05) is 59.7 Å². The van der Waals surface area contributed by atoms with Gasteiger partial charge in [0.05, 0.1) is 24.4 Å². The summed E-state index contributed by atoms with van der Waals surface area (Å²) in [4.78, 5) is 0. The maximum Gasteiger partial charge on any atom is 0.494 e. The Morgan fingerprint density at radius 3 is 2.05 bits per heavy atom. The number of ether oxygens (including phenoxy) is 2. The van der Waals surface area contributed by atoms with Gasteiger partial charge in [0.2, 0.25) is 0 Å². The molecule has 2 rings (SSSR count). The maximum absolute atomic E-state index is 6.06. The van der Waals surface area contributed by atoms with E-state index in [1.54, 1.807) is 7.11 Å². The fourth-order valence-corrected chi connectivity index (χ4v) is 2.17. The highest BCUT2D eigenvalue weighted by Gasteiger charge is 2.51. The Hall–Kier alpha value is -1.20. The SMILES string of the molecule is COc1ccc(B2OC(C)(C)C(C)(C)O2)cc1OC(C)C. The molecule has 0 unspecified atom stereocenters. The van der Waals surface area contributed by atoms with Crippen molar-refractivity contribution >= 4 is 12.6 Å². The molecule has 1 fully saturated rings. The number of hydrogen-bond acceptors (Lipinski definition) is 4. The minimum atomic E-state index is -0.393. The van der Waals surface area contributed by atoms with Crippen molar-refractivity contribution in [3.05, 3.63) is 18.2 Å². The van der Waals surface area contributed by atoms with Crippen LogP contribution in [0.3, 0.4) is 0 Å². The molecule has 0 radical (unpaired) electrons. The molecule has 0 bridgehead atoms. The van der Waals surface area contributed by atoms with Gasteiger partial charge in [0.15, 0.2) is 11.5 Å². The molecule has 0 amide bonds. The maximum atomic E-state index is 6.06. The van der Waals surface area contributed by atoms with Crippen LogP contribution in [0.1, 0.15) is 41.5 Å². The lowest BCUT2D eigenvalue weighted by Gasteiger charge is -2.32. The predicted octanol–water partition coefficient (Wildman–Crippen LogP) is 2.78. The van der Waals surface area contributed by atoms with Crippen molar-refractivity contribution in [2.24, 2.45) is 0 Å². The largest absolute Gasteiger partial charge is 0.494 e. The minimum absolute atomic E-state index is 0.0763. The van der Waals surface area contributed by atoms with E-state index < -0.39 is 7.12 Å². The quantitative estimate of drug-likeness (QED) is 0.800. The summed E-state index contributed by atoms with van der Waals surface area (Å²) in [6.45, 7) is 12.1. The Labute approximate surface area is 127 Å². The van der Waals surface area contributed by atoms with E-state index in [0.717, 1.165) is 5.46 Å². The van der Waals surface area contributed by atoms with Gasteiger partial charge in [-0.1, -0.05) is 6.07 Å². The zero-order valence-electron chi connectivity index (χ0n) is 14.0. The summed E-state index contributed by atoms with van der Waals surface area (Å²) in [5, 5.41) is 0. The smallest absolute Gasteiger partial charge is 0.493 e. The molecule has 1 heterocycles. The molecular weight excluding hydrogens is 267 g/mol. The number of benzene rings is 1. The van der Waals surface area contributed by atoms with E-state index in [4.69, 9.17) is 18.8 Å². The molecule has 0 aromatic heterocycles. The summed E-state index contributed by atoms with van der Waals surface area (Å²) < 4.78 is 23.3. The summed E-state index contributed by atoms with van der Waals surface area (Å²) in [6, 6.07) is 5.77. The Kier molecular flexibility index (Phi) is 4.27. The van der Waals surface area contributed by atoms with Gasteiger partial charge in [-0.15, -0.1) is 0 Å². The molecule has 5 heteroatoms. The Morgan fingerprint density at radius 2 is 1.57 bits per heavy atom. The normalized spacial score (nSPS) is 19.9. The van der Waals surface area contributed by atoms with Gasteiger partial charge < -0.3 is 18.8 Å². The first-order chi connectivity index (χ1) is 9.66. The summed E-state index contributed by atoms with van der Waals surface area (Å²) in [7, 11) is 1.24. The zero-order valence-corrected chi connectivity index (χ0v) is 14.0. The van der Waals surface area contributed by atoms with Crippen molar-refractivity contribution in [1.29, 1.82) is 0 Å². The van der Waals surface area contributed by atoms with Crippen LogP contribution in [0.2, 0.25) is 0 Å². The van der Waals surface area contributed by atoms with Gasteiger partial charge in [-0.2, -0.15) is 0 Å². The van der Waals surface area contributed by atoms with Crippen LogP contribution in [0.25, 0.3) is 0 Å². The van der Waals surface area contributed by atoms with Gasteiger partial charge in [-0.3, -0.25) is 0 Å². The summed E-state index contributed by atoms with van der Waals surface area (Å²) in [5.74, 6) is 1.42. The van der Waals surface area contributed by atoms with Crippen molar-refractivity contribution in [2.45, 2.75) is 58.8 Å². The van der Waals surface area contributed by atoms with Gasteiger partial charge in [-0.25, -0.2) is 0 Å². The number of rotatable bonds is 4. The third-order valence-corrected chi connectivity index (χ3v) is 4.08. The van der Waals surface area contributed by atoms with E-state index in [2.05, 4.69) is 0 Å². The lowest BCUT2D eigenvalue weighted by molar-refractivity contribution is 0.00578. The van der Waals surface area contributed by atoms with E-state index in [1.165, 1.54) is 0 Å². The van der Waals surface area contributed by atoms with Crippen LogP contribution in [0, 0.1) is 0 Å². The predicted molar refractivity (Wildman–Crippen MR) is 84.5 cm³/mol. The molecule has 0 spiro atoms. The number of methoxy groups -OCH3 is 1. The highest BCUT2D eigenvalue weighted by Crippen LogP contribution is 2.37. The van der Waals surface area contributed by atoms with Crippen LogP contribution in [0.15, 0.2) is 18.2 Å². The van der Waals surface area contributed by atoms with Gasteiger partial charge in [0, 0.05) is 0 Å². The molecular formula is C16H25BO4. The average Bonchev–Trinajstić information content (AvgIpc) is 2.57. The van der Waals surface area contributed by atoms with E-state index in [0.29, 0.717) is 11.5 Å². The fourth-order valence-electron chi connectivity index (χ4n) is 2.17. The van der Waals surface area contributed by atoms with Gasteiger partial charge in [0.1, 0.15) is 0 Å². The second-order valence-electron chi connectivity index (χ2n) is 6.67. The monoisotopic (exact) mass is 292 g/mol. The summed E-state index contributed by atoms with van der Waals surface area (Å²) >= 11 is 0. The molecule has 0 saturated carbocycles. The average molecular weight is 292 g/mol. The Balaban J connectivity index is 2.30. The van der Waals surface area contributed by atoms with Crippen molar-refractivity contribution in [3.63, 3.8) is 0 Å². The van der Waals surface area contributed by atoms with Gasteiger partial charge >= 0.3 is 7.12 Å². The fraction of sp³-hybridized carbons (Fsp3) is 0.625. The summed E-state index contributed by atoms with van der Waals surface area (Å²) in [6.07, 6.45) is 0.0763. The van der Waals surface area contributed by atoms with Crippen LogP contribution in [-0.4, -0.2) is 31.5 Å². The zero-order chi connectivity index (χ0) is 15.8. The van der Waals surface area contributed by atoms with Crippen molar-refractivity contribution in [2.75, 3.05) is 7.11 Å². The Bertz CT molecular complexity index is 495. The molecule has 21 heavy (non-hydrogen) atoms. The van der Waals surface area contributed by atoms with Crippen molar-refractivity contribution in [1.82, 2.24) is 0 Å². The second kappa shape index (κ2) is 5.54. The lowest BCUT2D eigenvalue weighted by Crippen LogP contribution is -2.41. The topological polar surface area (TPSA) is 36.9 Å². The first-order valence-electron chi connectivity index (χ1n) is 7.36.